The predicted molar refractivity (Wildman–Crippen MR) is 192 cm³/mol. The van der Waals surface area contributed by atoms with Crippen LogP contribution in [0.4, 0.5) is 0 Å². The maximum Gasteiger partial charge on any atom is 0.306 e. The highest BCUT2D eigenvalue weighted by atomic mass is 32.1. The van der Waals surface area contributed by atoms with Gasteiger partial charge in [0.25, 0.3) is 5.91 Å². The van der Waals surface area contributed by atoms with Gasteiger partial charge in [0.05, 0.1) is 12.0 Å². The number of carbonyl (C=O) groups excluding carboxylic acids is 3. The number of piperidine rings is 1. The Morgan fingerprint density at radius 1 is 1.08 bits per heavy atom. The van der Waals surface area contributed by atoms with E-state index < -0.39 is 30.1 Å². The molecule has 0 aliphatic carbocycles. The van der Waals surface area contributed by atoms with E-state index >= 15 is 0 Å². The number of thiazole rings is 1. The van der Waals surface area contributed by atoms with Crippen LogP contribution in [0.15, 0.2) is 35.7 Å². The van der Waals surface area contributed by atoms with Gasteiger partial charge in [0.1, 0.15) is 22.8 Å². The summed E-state index contributed by atoms with van der Waals surface area (Å²) in [6, 6.07) is 8.14. The van der Waals surface area contributed by atoms with Crippen LogP contribution < -0.4 is 10.6 Å². The summed E-state index contributed by atoms with van der Waals surface area (Å²) in [6.07, 6.45) is 4.33. The smallest absolute Gasteiger partial charge is 0.306 e. The van der Waals surface area contributed by atoms with Crippen molar-refractivity contribution < 1.29 is 29.0 Å². The highest BCUT2D eigenvalue weighted by Gasteiger charge is 2.37. The van der Waals surface area contributed by atoms with Gasteiger partial charge in [0.2, 0.25) is 11.8 Å². The minimum Gasteiger partial charge on any atom is -0.481 e. The first-order chi connectivity index (χ1) is 23.3. The Hall–Kier alpha value is -3.35. The second-order valence-corrected chi connectivity index (χ2v) is 14.9. The number of aliphatic carboxylic acids is 1. The number of rotatable bonds is 18. The van der Waals surface area contributed by atoms with Crippen LogP contribution in [-0.4, -0.2) is 95.5 Å². The third kappa shape index (κ3) is 11.3. The number of nitrogens with one attached hydrogen (secondary N) is 2. The summed E-state index contributed by atoms with van der Waals surface area (Å²) < 4.78 is 5.90. The number of benzene rings is 1. The fourth-order valence-corrected chi connectivity index (χ4v) is 7.42. The zero-order valence-corrected chi connectivity index (χ0v) is 31.3. The summed E-state index contributed by atoms with van der Waals surface area (Å²) in [5.74, 6) is -2.13. The maximum atomic E-state index is 14.1. The van der Waals surface area contributed by atoms with E-state index in [-0.39, 0.29) is 53.8 Å². The Labute approximate surface area is 296 Å². The van der Waals surface area contributed by atoms with E-state index in [4.69, 9.17) is 4.74 Å². The lowest BCUT2D eigenvalue weighted by molar-refractivity contribution is -0.141. The van der Waals surface area contributed by atoms with Gasteiger partial charge in [-0.05, 0) is 56.7 Å². The zero-order chi connectivity index (χ0) is 36.2. The SMILES string of the molecule is CC[C@H](C)[C@H](NC(=O)C1CCCCN1C)C(=O)N(C)[C@H](C[C@@H](OC)c1nc(C(=O)NC(Cc2ccccc2)CC(C)C(=O)O)cs1)C(C)C. The molecule has 1 aromatic carbocycles. The Kier molecular flexibility index (Phi) is 15.7. The van der Waals surface area contributed by atoms with Crippen molar-refractivity contribution in [1.82, 2.24) is 25.4 Å². The molecule has 2 aromatic rings. The molecule has 3 rings (SSSR count). The minimum atomic E-state index is -0.913. The number of aromatic nitrogens is 1. The fraction of sp³-hybridized carbons (Fsp3) is 0.649. The number of methoxy groups -OCH3 is 1. The standard InChI is InChI=1S/C37H57N5O6S/c1-9-24(4)32(40-34(44)29-17-13-14-18-41(29)6)36(45)42(7)30(23(2)3)21-31(48-8)35-39-28(22-49-35)33(43)38-27(19-25(5)37(46)47)20-26-15-11-10-12-16-26/h10-12,15-16,22-25,27,29-32H,9,13-14,17-21H2,1-8H3,(H,38,43)(H,40,44)(H,46,47)/t24-,25?,27?,29?,30+,31+,32-/m0/s1. The van der Waals surface area contributed by atoms with Crippen LogP contribution in [0.2, 0.25) is 0 Å². The van der Waals surface area contributed by atoms with Gasteiger partial charge in [-0.2, -0.15) is 0 Å². The Morgan fingerprint density at radius 3 is 2.37 bits per heavy atom. The molecule has 0 bridgehead atoms. The molecule has 2 heterocycles. The zero-order valence-electron chi connectivity index (χ0n) is 30.5. The van der Waals surface area contributed by atoms with E-state index in [1.54, 1.807) is 31.4 Å². The maximum absolute atomic E-state index is 14.1. The average Bonchev–Trinajstić information content (AvgIpc) is 3.57. The molecule has 0 radical (unpaired) electrons. The Bertz CT molecular complexity index is 1370. The van der Waals surface area contributed by atoms with Gasteiger partial charge in [0.15, 0.2) is 0 Å². The Morgan fingerprint density at radius 2 is 1.78 bits per heavy atom. The van der Waals surface area contributed by atoms with Gasteiger partial charge >= 0.3 is 5.97 Å². The van der Waals surface area contributed by atoms with Crippen molar-refractivity contribution in [3.63, 3.8) is 0 Å². The van der Waals surface area contributed by atoms with E-state index in [0.29, 0.717) is 17.8 Å². The number of nitrogens with zero attached hydrogens (tertiary/aromatic N) is 3. The van der Waals surface area contributed by atoms with E-state index in [2.05, 4.69) is 34.4 Å². The number of ether oxygens (including phenoxy) is 1. The first-order valence-corrected chi connectivity index (χ1v) is 18.5. The monoisotopic (exact) mass is 699 g/mol. The van der Waals surface area contributed by atoms with Crippen molar-refractivity contribution in [3.8, 4) is 0 Å². The molecule has 272 valence electrons. The van der Waals surface area contributed by atoms with Crippen LogP contribution in [0, 0.1) is 17.8 Å². The second-order valence-electron chi connectivity index (χ2n) is 14.0. The van der Waals surface area contributed by atoms with Crippen LogP contribution >= 0.6 is 11.3 Å². The number of likely N-dealkylation sites (N-methyl/N-ethyl adjacent to an activating group) is 2. The highest BCUT2D eigenvalue weighted by molar-refractivity contribution is 7.09. The molecule has 11 nitrogen and oxygen atoms in total. The molecule has 1 saturated heterocycles. The van der Waals surface area contributed by atoms with Crippen molar-refractivity contribution in [1.29, 1.82) is 0 Å². The summed E-state index contributed by atoms with van der Waals surface area (Å²) in [4.78, 5) is 60.9. The van der Waals surface area contributed by atoms with Gasteiger partial charge in [-0.25, -0.2) is 4.98 Å². The van der Waals surface area contributed by atoms with Crippen LogP contribution in [-0.2, 0) is 25.5 Å². The highest BCUT2D eigenvalue weighted by Crippen LogP contribution is 2.30. The third-order valence-electron chi connectivity index (χ3n) is 9.95. The summed E-state index contributed by atoms with van der Waals surface area (Å²) >= 11 is 1.32. The van der Waals surface area contributed by atoms with Crippen molar-refractivity contribution in [3.05, 3.63) is 52.0 Å². The largest absolute Gasteiger partial charge is 0.481 e. The lowest BCUT2D eigenvalue weighted by Crippen LogP contribution is -2.58. The summed E-state index contributed by atoms with van der Waals surface area (Å²) in [7, 11) is 5.35. The second kappa shape index (κ2) is 19.2. The van der Waals surface area contributed by atoms with Crippen molar-refractivity contribution in [2.75, 3.05) is 27.7 Å². The molecule has 1 aliphatic rings. The molecule has 1 aliphatic heterocycles. The number of carbonyl (C=O) groups is 4. The molecular weight excluding hydrogens is 643 g/mol. The van der Waals surface area contributed by atoms with E-state index in [0.717, 1.165) is 37.8 Å². The molecule has 3 amide bonds. The quantitative estimate of drug-likeness (QED) is 0.194. The van der Waals surface area contributed by atoms with Crippen LogP contribution in [0.5, 0.6) is 0 Å². The lowest BCUT2D eigenvalue weighted by atomic mass is 9.92. The van der Waals surface area contributed by atoms with Crippen LogP contribution in [0.3, 0.4) is 0 Å². The predicted octanol–water partition coefficient (Wildman–Crippen LogP) is 5.17. The summed E-state index contributed by atoms with van der Waals surface area (Å²) in [5, 5.41) is 17.9. The normalized spacial score (nSPS) is 18.9. The van der Waals surface area contributed by atoms with Crippen LogP contribution in [0.1, 0.15) is 100 Å². The molecule has 3 N–H and O–H groups in total. The van der Waals surface area contributed by atoms with Gasteiger partial charge in [-0.1, -0.05) is 77.8 Å². The fourth-order valence-electron chi connectivity index (χ4n) is 6.54. The van der Waals surface area contributed by atoms with Crippen molar-refractivity contribution >= 4 is 35.0 Å². The first kappa shape index (κ1) is 40.1. The first-order valence-electron chi connectivity index (χ1n) is 17.6. The number of hydrogen-bond donors (Lipinski definition) is 3. The van der Waals surface area contributed by atoms with Gasteiger partial charge in [-0.15, -0.1) is 11.3 Å². The molecular formula is C37H57N5O6S. The Balaban J connectivity index is 1.74. The summed E-state index contributed by atoms with van der Waals surface area (Å²) in [5.41, 5.74) is 1.24. The lowest BCUT2D eigenvalue weighted by Gasteiger charge is -2.38. The molecule has 3 unspecified atom stereocenters. The van der Waals surface area contributed by atoms with E-state index in [1.807, 2.05) is 51.2 Å². The molecule has 1 aromatic heterocycles. The van der Waals surface area contributed by atoms with E-state index in [1.165, 1.54) is 11.3 Å². The molecule has 7 atom stereocenters. The molecule has 0 spiro atoms. The average molecular weight is 700 g/mol. The number of carboxylic acids is 1. The topological polar surface area (TPSA) is 141 Å². The molecule has 49 heavy (non-hydrogen) atoms. The minimum absolute atomic E-state index is 0.0527. The number of likely N-dealkylation sites (tertiary alicyclic amines) is 1. The van der Waals surface area contributed by atoms with Gasteiger partial charge in [-0.3, -0.25) is 24.1 Å². The number of amides is 3. The van der Waals surface area contributed by atoms with E-state index in [9.17, 15) is 24.3 Å². The molecule has 1 fully saturated rings. The summed E-state index contributed by atoms with van der Waals surface area (Å²) in [6.45, 7) is 10.6. The van der Waals surface area contributed by atoms with Gasteiger partial charge in [0, 0.05) is 38.0 Å². The van der Waals surface area contributed by atoms with Gasteiger partial charge < -0.3 is 25.4 Å². The molecule has 0 saturated carbocycles. The molecule has 12 heteroatoms. The number of hydrogen-bond acceptors (Lipinski definition) is 8. The van der Waals surface area contributed by atoms with Crippen molar-refractivity contribution in [2.45, 2.75) is 110 Å². The van der Waals surface area contributed by atoms with Crippen LogP contribution in [0.25, 0.3) is 0 Å². The van der Waals surface area contributed by atoms with Crippen molar-refractivity contribution in [2.24, 2.45) is 17.8 Å². The third-order valence-corrected chi connectivity index (χ3v) is 10.9. The number of carboxylic acid groups (broad SMARTS) is 1.